The fourth-order valence-electron chi connectivity index (χ4n) is 8.80. The van der Waals surface area contributed by atoms with Crippen molar-refractivity contribution in [3.8, 4) is 11.1 Å². The van der Waals surface area contributed by atoms with Gasteiger partial charge in [-0.15, -0.1) is 0 Å². The Morgan fingerprint density at radius 2 is 1.38 bits per heavy atom. The van der Waals surface area contributed by atoms with E-state index in [2.05, 4.69) is 192 Å². The molecule has 2 atom stereocenters. The number of rotatable bonds is 6. The molecule has 2 heterocycles. The number of hydrogen-bond acceptors (Lipinski definition) is 4. The molecule has 0 saturated heterocycles. The van der Waals surface area contributed by atoms with Crippen molar-refractivity contribution in [2.75, 3.05) is 9.80 Å². The number of nitrogens with zero attached hydrogens (tertiary/aromatic N) is 3. The van der Waals surface area contributed by atoms with Crippen LogP contribution in [0.2, 0.25) is 0 Å². The second kappa shape index (κ2) is 12.9. The monoisotopic (exact) mass is 707 g/mol. The highest BCUT2D eigenvalue weighted by Gasteiger charge is 2.37. The van der Waals surface area contributed by atoms with E-state index in [0.717, 1.165) is 68.1 Å². The lowest BCUT2D eigenvalue weighted by molar-refractivity contribution is 0.585. The molecule has 11 rings (SSSR count). The van der Waals surface area contributed by atoms with E-state index < -0.39 is 0 Å². The lowest BCUT2D eigenvalue weighted by Crippen LogP contribution is -2.28. The summed E-state index contributed by atoms with van der Waals surface area (Å²) in [6, 6.07) is 53.0. The summed E-state index contributed by atoms with van der Waals surface area (Å²) in [7, 11) is 0. The van der Waals surface area contributed by atoms with Crippen LogP contribution in [0, 0.1) is 0 Å². The van der Waals surface area contributed by atoms with Crippen molar-refractivity contribution in [2.24, 2.45) is 0 Å². The molecule has 2 unspecified atom stereocenters. The van der Waals surface area contributed by atoms with Crippen LogP contribution >= 0.6 is 0 Å². The maximum atomic E-state index is 6.31. The van der Waals surface area contributed by atoms with Gasteiger partial charge in [-0.05, 0) is 112 Å². The lowest BCUT2D eigenvalue weighted by Gasteiger charge is -2.28. The zero-order valence-electron chi connectivity index (χ0n) is 30.2. The predicted molar refractivity (Wildman–Crippen MR) is 229 cm³/mol. The van der Waals surface area contributed by atoms with Crippen LogP contribution in [0.1, 0.15) is 30.2 Å². The van der Waals surface area contributed by atoms with Crippen LogP contribution in [-0.2, 0) is 0 Å². The molecule has 0 fully saturated rings. The van der Waals surface area contributed by atoms with Gasteiger partial charge in [0.2, 0.25) is 5.89 Å². The standard InChI is InChI=1S/C51H37N3O/c1-4-12-36(13-5-1)51-52-50-48(55-51)31-25-35-20-21-38-32-42(28-29-43(38)49(35)50)53(39-14-6-2-7-15-39)41-26-22-34(23-27-41)37-24-30-47-45(33-37)44-18-10-11-19-46(44)54(47)40-16-8-3-9-17-40/h2-4,6-33,44,46H,1,5H2. The van der Waals surface area contributed by atoms with Gasteiger partial charge in [-0.2, -0.15) is 0 Å². The molecular formula is C51H37N3O. The molecule has 4 nitrogen and oxygen atoms in total. The van der Waals surface area contributed by atoms with Crippen LogP contribution in [-0.4, -0.2) is 11.0 Å². The minimum atomic E-state index is 0.274. The molecule has 262 valence electrons. The molecule has 0 bridgehead atoms. The first-order valence-corrected chi connectivity index (χ1v) is 19.2. The highest BCUT2D eigenvalue weighted by atomic mass is 16.3. The molecule has 55 heavy (non-hydrogen) atoms. The molecule has 0 radical (unpaired) electrons. The molecule has 0 N–H and O–H groups in total. The van der Waals surface area contributed by atoms with E-state index in [0.29, 0.717) is 11.8 Å². The van der Waals surface area contributed by atoms with Crippen LogP contribution in [0.25, 0.3) is 49.3 Å². The van der Waals surface area contributed by atoms with Crippen molar-refractivity contribution < 1.29 is 4.42 Å². The third-order valence-electron chi connectivity index (χ3n) is 11.4. The number of aromatic nitrogens is 1. The summed E-state index contributed by atoms with van der Waals surface area (Å²) in [6.07, 6.45) is 17.6. The van der Waals surface area contributed by atoms with Crippen molar-refractivity contribution in [3.63, 3.8) is 0 Å². The number of hydrogen-bond donors (Lipinski definition) is 0. The lowest BCUT2D eigenvalue weighted by atomic mass is 9.89. The summed E-state index contributed by atoms with van der Waals surface area (Å²) in [5.74, 6) is 0.999. The van der Waals surface area contributed by atoms with Gasteiger partial charge in [0.15, 0.2) is 5.58 Å². The molecule has 0 spiro atoms. The third-order valence-corrected chi connectivity index (χ3v) is 11.4. The van der Waals surface area contributed by atoms with E-state index in [-0.39, 0.29) is 6.04 Å². The quantitative estimate of drug-likeness (QED) is 0.161. The second-order valence-corrected chi connectivity index (χ2v) is 14.6. The molecule has 8 aromatic rings. The average Bonchev–Trinajstić information content (AvgIpc) is 3.85. The Balaban J connectivity index is 0.970. The molecule has 7 aromatic carbocycles. The first-order valence-electron chi connectivity index (χ1n) is 19.2. The average molecular weight is 708 g/mol. The number of oxazole rings is 1. The normalized spacial score (nSPS) is 17.2. The van der Waals surface area contributed by atoms with Crippen LogP contribution in [0.5, 0.6) is 0 Å². The summed E-state index contributed by atoms with van der Waals surface area (Å²) < 4.78 is 6.31. The fraction of sp³-hybridized carbons (Fsp3) is 0.0784. The Kier molecular flexibility index (Phi) is 7.41. The smallest absolute Gasteiger partial charge is 0.226 e. The molecule has 1 aliphatic heterocycles. The van der Waals surface area contributed by atoms with Crippen molar-refractivity contribution in [1.82, 2.24) is 4.98 Å². The second-order valence-electron chi connectivity index (χ2n) is 14.6. The molecule has 0 saturated carbocycles. The molecular weight excluding hydrogens is 671 g/mol. The molecule has 4 heteroatoms. The third kappa shape index (κ3) is 5.32. The van der Waals surface area contributed by atoms with Crippen LogP contribution in [0.15, 0.2) is 193 Å². The zero-order valence-corrected chi connectivity index (χ0v) is 30.2. The van der Waals surface area contributed by atoms with E-state index in [9.17, 15) is 0 Å². The minimum Gasteiger partial charge on any atom is -0.436 e. The van der Waals surface area contributed by atoms with Gasteiger partial charge in [-0.1, -0.05) is 121 Å². The molecule has 3 aliphatic rings. The van der Waals surface area contributed by atoms with Crippen LogP contribution < -0.4 is 9.80 Å². The number of anilines is 5. The van der Waals surface area contributed by atoms with Crippen LogP contribution in [0.3, 0.4) is 0 Å². The van der Waals surface area contributed by atoms with Crippen molar-refractivity contribution in [2.45, 2.75) is 24.8 Å². The number of fused-ring (bicyclic) bond motifs is 8. The summed E-state index contributed by atoms with van der Waals surface area (Å²) >= 11 is 0. The Morgan fingerprint density at radius 1 is 0.636 bits per heavy atom. The first-order chi connectivity index (χ1) is 27.3. The minimum absolute atomic E-state index is 0.274. The van der Waals surface area contributed by atoms with Gasteiger partial charge in [-0.3, -0.25) is 0 Å². The molecule has 2 aliphatic carbocycles. The van der Waals surface area contributed by atoms with Gasteiger partial charge in [0.25, 0.3) is 0 Å². The predicted octanol–water partition coefficient (Wildman–Crippen LogP) is 13.7. The van der Waals surface area contributed by atoms with Gasteiger partial charge in [0.05, 0.1) is 6.04 Å². The van der Waals surface area contributed by atoms with E-state index in [1.54, 1.807) is 0 Å². The van der Waals surface area contributed by atoms with Gasteiger partial charge < -0.3 is 14.2 Å². The van der Waals surface area contributed by atoms with E-state index in [1.165, 1.54) is 28.1 Å². The SMILES string of the molecule is C1=CC2c3cc(-c4ccc(N(c5ccccc5)c5ccc6c(ccc7ccc8oc(C9=CCCC=C9)nc8c76)c5)cc4)ccc3N(c3ccccc3)C2C=C1. The van der Waals surface area contributed by atoms with Gasteiger partial charge in [0.1, 0.15) is 5.52 Å². The van der Waals surface area contributed by atoms with E-state index in [4.69, 9.17) is 9.40 Å². The molecule has 1 aromatic heterocycles. The highest BCUT2D eigenvalue weighted by molar-refractivity contribution is 6.18. The molecule has 0 amide bonds. The van der Waals surface area contributed by atoms with Crippen LogP contribution in [0.4, 0.5) is 28.4 Å². The Bertz CT molecular complexity index is 2880. The summed E-state index contributed by atoms with van der Waals surface area (Å²) in [4.78, 5) is 9.87. The maximum absolute atomic E-state index is 6.31. The summed E-state index contributed by atoms with van der Waals surface area (Å²) in [5, 5.41) is 4.60. The van der Waals surface area contributed by atoms with Gasteiger partial charge >= 0.3 is 0 Å². The van der Waals surface area contributed by atoms with Crippen molar-refractivity contribution in [3.05, 3.63) is 200 Å². The Hall–Kier alpha value is -6.91. The topological polar surface area (TPSA) is 32.5 Å². The summed E-state index contributed by atoms with van der Waals surface area (Å²) in [5.41, 5.74) is 12.4. The largest absolute Gasteiger partial charge is 0.436 e. The number of allylic oxidation sites excluding steroid dienone is 6. The first kappa shape index (κ1) is 31.6. The van der Waals surface area contributed by atoms with Crippen molar-refractivity contribution in [1.29, 1.82) is 0 Å². The van der Waals surface area contributed by atoms with E-state index in [1.807, 2.05) is 6.07 Å². The van der Waals surface area contributed by atoms with Crippen molar-refractivity contribution >= 4 is 66.7 Å². The zero-order chi connectivity index (χ0) is 36.3. The fourth-order valence-corrected chi connectivity index (χ4v) is 8.80. The maximum Gasteiger partial charge on any atom is 0.226 e. The Morgan fingerprint density at radius 3 is 2.22 bits per heavy atom. The van der Waals surface area contributed by atoms with E-state index >= 15 is 0 Å². The highest BCUT2D eigenvalue weighted by Crippen LogP contribution is 2.49. The van der Waals surface area contributed by atoms with Gasteiger partial charge in [0, 0.05) is 45.3 Å². The summed E-state index contributed by atoms with van der Waals surface area (Å²) in [6.45, 7) is 0. The number of para-hydroxylation sites is 2. The Labute approximate surface area is 320 Å². The number of benzene rings is 7. The van der Waals surface area contributed by atoms with Gasteiger partial charge in [-0.25, -0.2) is 4.98 Å².